The number of ether oxygens (including phenoxy) is 1. The van der Waals surface area contributed by atoms with Crippen molar-refractivity contribution in [2.45, 2.75) is 51.8 Å². The van der Waals surface area contributed by atoms with E-state index in [1.54, 1.807) is 0 Å². The predicted octanol–water partition coefficient (Wildman–Crippen LogP) is 5.30. The van der Waals surface area contributed by atoms with Crippen LogP contribution in [0, 0.1) is 0 Å². The Balaban J connectivity index is 1.32. The third-order valence-corrected chi connectivity index (χ3v) is 6.03. The molecule has 4 rings (SSSR count). The highest BCUT2D eigenvalue weighted by Crippen LogP contribution is 2.26. The smallest absolute Gasteiger partial charge is 0.261 e. The predicted molar refractivity (Wildman–Crippen MR) is 126 cm³/mol. The van der Waals surface area contributed by atoms with Gasteiger partial charge in [-0.2, -0.15) is 0 Å². The number of benzene rings is 3. The highest BCUT2D eigenvalue weighted by Gasteiger charge is 2.19. The Morgan fingerprint density at radius 2 is 1.65 bits per heavy atom. The van der Waals surface area contributed by atoms with Crippen molar-refractivity contribution < 1.29 is 9.53 Å². The monoisotopic (exact) mass is 416 g/mol. The van der Waals surface area contributed by atoms with Gasteiger partial charge in [0.25, 0.3) is 5.91 Å². The molecule has 3 aromatic carbocycles. The minimum absolute atomic E-state index is 0.0761. The molecule has 1 N–H and O–H groups in total. The zero-order chi connectivity index (χ0) is 21.5. The van der Waals surface area contributed by atoms with E-state index in [0.717, 1.165) is 28.6 Å². The van der Waals surface area contributed by atoms with Crippen molar-refractivity contribution in [1.82, 2.24) is 10.2 Å². The quantitative estimate of drug-likeness (QED) is 0.542. The number of carbonyl (C=O) groups is 1. The molecule has 31 heavy (non-hydrogen) atoms. The number of nitrogens with zero attached hydrogens (tertiary/aromatic N) is 1. The number of likely N-dealkylation sites (tertiary alicyclic amines) is 1. The lowest BCUT2D eigenvalue weighted by Gasteiger charge is -2.26. The fourth-order valence-corrected chi connectivity index (χ4v) is 4.22. The number of piperidine rings is 1. The van der Waals surface area contributed by atoms with Crippen LogP contribution in [0.15, 0.2) is 66.7 Å². The van der Waals surface area contributed by atoms with Crippen LogP contribution in [0.5, 0.6) is 5.75 Å². The van der Waals surface area contributed by atoms with E-state index in [2.05, 4.69) is 46.6 Å². The van der Waals surface area contributed by atoms with E-state index < -0.39 is 6.10 Å². The Kier molecular flexibility index (Phi) is 7.21. The number of carbonyl (C=O) groups excluding carboxylic acids is 1. The normalized spacial score (nSPS) is 15.5. The van der Waals surface area contributed by atoms with E-state index in [9.17, 15) is 4.79 Å². The van der Waals surface area contributed by atoms with Gasteiger partial charge in [0.05, 0.1) is 0 Å². The van der Waals surface area contributed by atoms with Gasteiger partial charge < -0.3 is 10.1 Å². The number of hydrogen-bond acceptors (Lipinski definition) is 3. The molecule has 4 heteroatoms. The molecule has 1 aliphatic rings. The van der Waals surface area contributed by atoms with Crippen LogP contribution in [0.4, 0.5) is 0 Å². The van der Waals surface area contributed by atoms with E-state index in [4.69, 9.17) is 4.74 Å². The Morgan fingerprint density at radius 1 is 0.935 bits per heavy atom. The number of hydrogen-bond donors (Lipinski definition) is 1. The Hall–Kier alpha value is -2.85. The molecule has 0 aromatic heterocycles. The zero-order valence-corrected chi connectivity index (χ0v) is 18.3. The number of rotatable bonds is 8. The van der Waals surface area contributed by atoms with E-state index in [1.165, 1.54) is 37.9 Å². The van der Waals surface area contributed by atoms with Crippen LogP contribution in [-0.4, -0.2) is 30.0 Å². The second kappa shape index (κ2) is 10.5. The first kappa shape index (κ1) is 21.4. The average molecular weight is 417 g/mol. The molecular weight excluding hydrogens is 384 g/mol. The summed E-state index contributed by atoms with van der Waals surface area (Å²) in [5, 5.41) is 5.18. The van der Waals surface area contributed by atoms with Gasteiger partial charge in [-0.1, -0.05) is 74.0 Å². The minimum Gasteiger partial charge on any atom is -0.480 e. The fourth-order valence-electron chi connectivity index (χ4n) is 4.22. The minimum atomic E-state index is -0.510. The Labute approximate surface area is 185 Å². The lowest BCUT2D eigenvalue weighted by atomic mass is 10.1. The van der Waals surface area contributed by atoms with Crippen molar-refractivity contribution in [3.8, 4) is 5.75 Å². The van der Waals surface area contributed by atoms with E-state index in [1.807, 2.05) is 37.3 Å². The third kappa shape index (κ3) is 5.65. The van der Waals surface area contributed by atoms with Gasteiger partial charge in [-0.15, -0.1) is 0 Å². The van der Waals surface area contributed by atoms with Crippen LogP contribution in [0.3, 0.4) is 0 Å². The molecule has 3 aromatic rings. The van der Waals surface area contributed by atoms with Crippen LogP contribution in [0.1, 0.15) is 43.7 Å². The molecule has 1 amide bonds. The molecular formula is C27H32N2O2. The summed E-state index contributed by atoms with van der Waals surface area (Å²) in [5.41, 5.74) is 2.44. The fraction of sp³-hybridized carbons (Fsp3) is 0.370. The largest absolute Gasteiger partial charge is 0.480 e. The van der Waals surface area contributed by atoms with Gasteiger partial charge in [0.15, 0.2) is 6.10 Å². The van der Waals surface area contributed by atoms with Crippen LogP contribution < -0.4 is 10.1 Å². The van der Waals surface area contributed by atoms with E-state index >= 15 is 0 Å². The highest BCUT2D eigenvalue weighted by molar-refractivity contribution is 5.89. The second-order valence-corrected chi connectivity index (χ2v) is 8.36. The second-order valence-electron chi connectivity index (χ2n) is 8.36. The first-order valence-electron chi connectivity index (χ1n) is 11.5. The summed E-state index contributed by atoms with van der Waals surface area (Å²) in [7, 11) is 0. The lowest BCUT2D eigenvalue weighted by molar-refractivity contribution is -0.128. The molecule has 4 nitrogen and oxygen atoms in total. The summed E-state index contributed by atoms with van der Waals surface area (Å²) in [6.45, 7) is 5.91. The van der Waals surface area contributed by atoms with Crippen LogP contribution in [0.2, 0.25) is 0 Å². The maximum absolute atomic E-state index is 12.8. The van der Waals surface area contributed by atoms with Crippen LogP contribution >= 0.6 is 0 Å². The molecule has 0 radical (unpaired) electrons. The molecule has 1 heterocycles. The molecule has 0 bridgehead atoms. The van der Waals surface area contributed by atoms with Gasteiger partial charge in [0.2, 0.25) is 0 Å². The number of nitrogens with one attached hydrogen (secondary N) is 1. The third-order valence-electron chi connectivity index (χ3n) is 6.03. The topological polar surface area (TPSA) is 41.6 Å². The molecule has 0 saturated carbocycles. The van der Waals surface area contributed by atoms with Crippen molar-refractivity contribution in [3.63, 3.8) is 0 Å². The van der Waals surface area contributed by atoms with Crippen LogP contribution in [0.25, 0.3) is 10.8 Å². The zero-order valence-electron chi connectivity index (χ0n) is 18.3. The molecule has 1 fully saturated rings. The van der Waals surface area contributed by atoms with Crippen LogP contribution in [-0.2, 0) is 17.9 Å². The van der Waals surface area contributed by atoms with Gasteiger partial charge in [-0.3, -0.25) is 9.69 Å². The number of amides is 1. The van der Waals surface area contributed by atoms with Crippen molar-refractivity contribution in [2.24, 2.45) is 0 Å². The summed E-state index contributed by atoms with van der Waals surface area (Å²) in [6, 6.07) is 22.6. The lowest BCUT2D eigenvalue weighted by Crippen LogP contribution is -2.37. The van der Waals surface area contributed by atoms with E-state index in [0.29, 0.717) is 13.0 Å². The summed E-state index contributed by atoms with van der Waals surface area (Å²) in [5.74, 6) is 0.676. The van der Waals surface area contributed by atoms with Crippen molar-refractivity contribution >= 4 is 16.7 Å². The molecule has 1 saturated heterocycles. The van der Waals surface area contributed by atoms with E-state index in [-0.39, 0.29) is 5.91 Å². The molecule has 0 aliphatic carbocycles. The SMILES string of the molecule is CCC(Oc1cccc2ccccc12)C(=O)NCc1ccc(CN2CCCCC2)cc1. The Bertz CT molecular complexity index is 988. The summed E-state index contributed by atoms with van der Waals surface area (Å²) >= 11 is 0. The molecule has 162 valence electrons. The molecule has 1 atom stereocenters. The Morgan fingerprint density at radius 3 is 2.42 bits per heavy atom. The first-order chi connectivity index (χ1) is 15.2. The van der Waals surface area contributed by atoms with Gasteiger partial charge in [-0.05, 0) is 54.9 Å². The average Bonchev–Trinajstić information content (AvgIpc) is 2.82. The maximum Gasteiger partial charge on any atom is 0.261 e. The first-order valence-corrected chi connectivity index (χ1v) is 11.5. The standard InChI is InChI=1S/C27H32N2O2/c1-2-25(31-26-12-8-10-23-9-4-5-11-24(23)26)27(30)28-19-21-13-15-22(16-14-21)20-29-17-6-3-7-18-29/h4-5,8-16,25H,2-3,6-7,17-20H2,1H3,(H,28,30). The van der Waals surface area contributed by atoms with Gasteiger partial charge in [0, 0.05) is 18.5 Å². The van der Waals surface area contributed by atoms with Crippen molar-refractivity contribution in [2.75, 3.05) is 13.1 Å². The van der Waals surface area contributed by atoms with Gasteiger partial charge >= 0.3 is 0 Å². The van der Waals surface area contributed by atoms with Gasteiger partial charge in [0.1, 0.15) is 5.75 Å². The molecule has 1 aliphatic heterocycles. The highest BCUT2D eigenvalue weighted by atomic mass is 16.5. The molecule has 0 spiro atoms. The summed E-state index contributed by atoms with van der Waals surface area (Å²) in [6.07, 6.45) is 4.08. The maximum atomic E-state index is 12.8. The number of fused-ring (bicyclic) bond motifs is 1. The van der Waals surface area contributed by atoms with Crippen molar-refractivity contribution in [1.29, 1.82) is 0 Å². The summed E-state index contributed by atoms with van der Waals surface area (Å²) < 4.78 is 6.11. The van der Waals surface area contributed by atoms with Gasteiger partial charge in [-0.25, -0.2) is 0 Å². The molecule has 1 unspecified atom stereocenters. The summed E-state index contributed by atoms with van der Waals surface area (Å²) in [4.78, 5) is 15.3. The van der Waals surface area contributed by atoms with Crippen molar-refractivity contribution in [3.05, 3.63) is 77.9 Å².